The van der Waals surface area contributed by atoms with Crippen LogP contribution in [0.4, 0.5) is 10.5 Å². The maximum Gasteiger partial charge on any atom is 0.412 e. The molecule has 0 aliphatic rings. The summed E-state index contributed by atoms with van der Waals surface area (Å²) < 4.78 is 4.94. The summed E-state index contributed by atoms with van der Waals surface area (Å²) in [5.41, 5.74) is 0.616. The van der Waals surface area contributed by atoms with Crippen LogP contribution in [-0.4, -0.2) is 19.0 Å². The average Bonchev–Trinajstić information content (AvgIpc) is 2.29. The molecule has 1 rings (SSSR count). The molecule has 92 valence electrons. The first-order chi connectivity index (χ1) is 8.15. The molecule has 0 aliphatic heterocycles. The smallest absolute Gasteiger partial charge is 0.410 e. The van der Waals surface area contributed by atoms with Crippen LogP contribution in [0.25, 0.3) is 0 Å². The van der Waals surface area contributed by atoms with Crippen molar-refractivity contribution in [1.29, 1.82) is 0 Å². The van der Waals surface area contributed by atoms with E-state index in [-0.39, 0.29) is 5.91 Å². The minimum Gasteiger partial charge on any atom is -0.410 e. The van der Waals surface area contributed by atoms with Crippen molar-refractivity contribution < 1.29 is 14.3 Å². The van der Waals surface area contributed by atoms with Gasteiger partial charge in [0.15, 0.2) is 0 Å². The first-order valence-electron chi connectivity index (χ1n) is 5.45. The van der Waals surface area contributed by atoms with Crippen LogP contribution in [0.2, 0.25) is 0 Å². The Kier molecular flexibility index (Phi) is 5.00. The zero-order valence-electron chi connectivity index (χ0n) is 9.95. The molecule has 0 heterocycles. The highest BCUT2D eigenvalue weighted by Gasteiger charge is 2.04. The first-order valence-corrected chi connectivity index (χ1v) is 5.45. The maximum absolute atomic E-state index is 11.4. The van der Waals surface area contributed by atoms with Gasteiger partial charge >= 0.3 is 6.09 Å². The Balaban J connectivity index is 2.65. The zero-order chi connectivity index (χ0) is 12.7. The van der Waals surface area contributed by atoms with Crippen LogP contribution < -0.4 is 15.4 Å². The Morgan fingerprint density at radius 1 is 1.35 bits per heavy atom. The number of benzene rings is 1. The number of rotatable bonds is 4. The van der Waals surface area contributed by atoms with Crippen molar-refractivity contribution in [3.63, 3.8) is 0 Å². The number of hydrogen-bond acceptors (Lipinski definition) is 3. The Morgan fingerprint density at radius 3 is 2.76 bits per heavy atom. The molecule has 2 N–H and O–H groups in total. The molecule has 17 heavy (non-hydrogen) atoms. The lowest BCUT2D eigenvalue weighted by molar-refractivity contribution is -0.116. The number of nitrogens with one attached hydrogen (secondary N) is 2. The molecular formula is C12H16N2O3. The number of amides is 2. The van der Waals surface area contributed by atoms with Crippen molar-refractivity contribution in [1.82, 2.24) is 5.32 Å². The van der Waals surface area contributed by atoms with E-state index < -0.39 is 6.09 Å². The number of hydrogen-bond donors (Lipinski definition) is 2. The third-order valence-corrected chi connectivity index (χ3v) is 2.01. The molecule has 0 saturated heterocycles. The Labute approximate surface area is 100 Å². The average molecular weight is 236 g/mol. The molecule has 5 nitrogen and oxygen atoms in total. The van der Waals surface area contributed by atoms with E-state index in [0.29, 0.717) is 17.9 Å². The van der Waals surface area contributed by atoms with Crippen molar-refractivity contribution in [2.45, 2.75) is 19.8 Å². The van der Waals surface area contributed by atoms with Gasteiger partial charge in [0.2, 0.25) is 5.91 Å². The first kappa shape index (κ1) is 13.0. The van der Waals surface area contributed by atoms with E-state index in [0.717, 1.165) is 6.42 Å². The summed E-state index contributed by atoms with van der Waals surface area (Å²) in [4.78, 5) is 22.4. The second-order valence-corrected chi connectivity index (χ2v) is 3.47. The number of carbonyl (C=O) groups excluding carboxylic acids is 2. The summed E-state index contributed by atoms with van der Waals surface area (Å²) in [7, 11) is 1.48. The van der Waals surface area contributed by atoms with Gasteiger partial charge in [0, 0.05) is 25.2 Å². The highest BCUT2D eigenvalue weighted by Crippen LogP contribution is 2.17. The topological polar surface area (TPSA) is 67.4 Å². The van der Waals surface area contributed by atoms with Gasteiger partial charge in [0.1, 0.15) is 5.75 Å². The number of carbonyl (C=O) groups is 2. The van der Waals surface area contributed by atoms with Crippen LogP contribution in [0.5, 0.6) is 5.75 Å². The standard InChI is InChI=1S/C12H16N2O3/c1-3-5-11(15)14-9-6-4-7-10(8-9)17-12(16)13-2/h4,6-8H,3,5H2,1-2H3,(H,13,16)(H,14,15). The third-order valence-electron chi connectivity index (χ3n) is 2.01. The second-order valence-electron chi connectivity index (χ2n) is 3.47. The van der Waals surface area contributed by atoms with E-state index in [9.17, 15) is 9.59 Å². The van der Waals surface area contributed by atoms with Crippen LogP contribution in [0, 0.1) is 0 Å². The maximum atomic E-state index is 11.4. The molecule has 0 saturated carbocycles. The van der Waals surface area contributed by atoms with Gasteiger partial charge in [-0.2, -0.15) is 0 Å². The van der Waals surface area contributed by atoms with Crippen molar-refractivity contribution in [3.8, 4) is 5.75 Å². The van der Waals surface area contributed by atoms with Gasteiger partial charge in [-0.25, -0.2) is 4.79 Å². The fraction of sp³-hybridized carbons (Fsp3) is 0.333. The van der Waals surface area contributed by atoms with Gasteiger partial charge in [-0.3, -0.25) is 4.79 Å². The summed E-state index contributed by atoms with van der Waals surface area (Å²) in [6.07, 6.45) is 0.725. The molecule has 1 aromatic carbocycles. The molecule has 1 aromatic rings. The largest absolute Gasteiger partial charge is 0.412 e. The minimum atomic E-state index is -0.540. The van der Waals surface area contributed by atoms with E-state index in [1.54, 1.807) is 24.3 Å². The molecular weight excluding hydrogens is 220 g/mol. The molecule has 0 spiro atoms. The van der Waals surface area contributed by atoms with Crippen molar-refractivity contribution in [2.24, 2.45) is 0 Å². The van der Waals surface area contributed by atoms with Gasteiger partial charge in [-0.1, -0.05) is 13.0 Å². The van der Waals surface area contributed by atoms with E-state index >= 15 is 0 Å². The van der Waals surface area contributed by atoms with E-state index in [2.05, 4.69) is 10.6 Å². The van der Waals surface area contributed by atoms with E-state index in [4.69, 9.17) is 4.74 Å². The fourth-order valence-corrected chi connectivity index (χ4v) is 1.25. The number of anilines is 1. The summed E-state index contributed by atoms with van der Waals surface area (Å²) in [6.45, 7) is 1.94. The van der Waals surface area contributed by atoms with Crippen LogP contribution in [0.1, 0.15) is 19.8 Å². The van der Waals surface area contributed by atoms with Gasteiger partial charge in [-0.05, 0) is 18.6 Å². The predicted molar refractivity (Wildman–Crippen MR) is 65.1 cm³/mol. The Morgan fingerprint density at radius 2 is 2.12 bits per heavy atom. The van der Waals surface area contributed by atoms with Crippen LogP contribution >= 0.6 is 0 Å². The van der Waals surface area contributed by atoms with Gasteiger partial charge in [0.25, 0.3) is 0 Å². The lowest BCUT2D eigenvalue weighted by Gasteiger charge is -2.07. The Hall–Kier alpha value is -2.04. The van der Waals surface area contributed by atoms with Gasteiger partial charge in [0.05, 0.1) is 0 Å². The van der Waals surface area contributed by atoms with E-state index in [1.165, 1.54) is 7.05 Å². The van der Waals surface area contributed by atoms with E-state index in [1.807, 2.05) is 6.92 Å². The van der Waals surface area contributed by atoms with Crippen LogP contribution in [0.15, 0.2) is 24.3 Å². The van der Waals surface area contributed by atoms with Crippen molar-refractivity contribution >= 4 is 17.7 Å². The molecule has 2 amide bonds. The van der Waals surface area contributed by atoms with Gasteiger partial charge < -0.3 is 15.4 Å². The molecule has 0 radical (unpaired) electrons. The lowest BCUT2D eigenvalue weighted by Crippen LogP contribution is -2.22. The minimum absolute atomic E-state index is 0.0513. The third kappa shape index (κ3) is 4.55. The van der Waals surface area contributed by atoms with Crippen molar-refractivity contribution in [3.05, 3.63) is 24.3 Å². The summed E-state index contributed by atoms with van der Waals surface area (Å²) in [5.74, 6) is 0.336. The zero-order valence-corrected chi connectivity index (χ0v) is 9.95. The Bertz CT molecular complexity index is 404. The molecule has 0 aliphatic carbocycles. The molecule has 0 bridgehead atoms. The highest BCUT2D eigenvalue weighted by atomic mass is 16.5. The van der Waals surface area contributed by atoms with Crippen LogP contribution in [0.3, 0.4) is 0 Å². The monoisotopic (exact) mass is 236 g/mol. The van der Waals surface area contributed by atoms with Crippen LogP contribution in [-0.2, 0) is 4.79 Å². The molecule has 0 unspecified atom stereocenters. The second kappa shape index (κ2) is 6.52. The molecule has 5 heteroatoms. The number of ether oxygens (including phenoxy) is 1. The van der Waals surface area contributed by atoms with Crippen molar-refractivity contribution in [2.75, 3.05) is 12.4 Å². The normalized spacial score (nSPS) is 9.53. The fourth-order valence-electron chi connectivity index (χ4n) is 1.25. The summed E-state index contributed by atoms with van der Waals surface area (Å²) in [6, 6.07) is 6.69. The predicted octanol–water partition coefficient (Wildman–Crippen LogP) is 2.14. The molecule has 0 atom stereocenters. The summed E-state index contributed by atoms with van der Waals surface area (Å²) >= 11 is 0. The SMILES string of the molecule is CCCC(=O)Nc1cccc(OC(=O)NC)c1. The molecule has 0 aromatic heterocycles. The lowest BCUT2D eigenvalue weighted by atomic mass is 10.2. The molecule has 0 fully saturated rings. The highest BCUT2D eigenvalue weighted by molar-refractivity contribution is 5.90. The quantitative estimate of drug-likeness (QED) is 0.841. The summed E-state index contributed by atoms with van der Waals surface area (Å²) in [5, 5.41) is 5.07. The van der Waals surface area contributed by atoms with Gasteiger partial charge in [-0.15, -0.1) is 0 Å².